The average Bonchev–Trinajstić information content (AvgIpc) is 3.50. The minimum Gasteiger partial charge on any atom is -0.444 e. The van der Waals surface area contributed by atoms with Gasteiger partial charge in [0.25, 0.3) is 18.2 Å². The van der Waals surface area contributed by atoms with Gasteiger partial charge in [0.1, 0.15) is 18.1 Å². The smallest absolute Gasteiger partial charge is 0.284 e. The van der Waals surface area contributed by atoms with Gasteiger partial charge in [0.15, 0.2) is 11.4 Å². The van der Waals surface area contributed by atoms with Crippen LogP contribution in [0.3, 0.4) is 0 Å². The number of imide groups is 1. The highest BCUT2D eigenvalue weighted by molar-refractivity contribution is 9.10. The molecule has 1 aliphatic carbocycles. The summed E-state index contributed by atoms with van der Waals surface area (Å²) in [5.41, 5.74) is 2.28. The molecule has 1 aromatic carbocycles. The Morgan fingerprint density at radius 3 is 2.66 bits per heavy atom. The molecule has 0 bridgehead atoms. The normalized spacial score (nSPS) is 19.5. The standard InChI is InChI=1S/C36H36BrF2N9O5/c37-30-21(3-4-23-24(30)16-47(36(23)52)27-5-6-29(49)44-34(27)51)15-46-11-8-22(9-12-46)48-17-25(31(45-48)32(38)39)42-33(50)26-18-53-35(43-26)20-7-10-40-28(13-20)41-14-19-1-2-19/h3-4,7,10,13,17-19,22,27,32H,1-2,5-6,8-9,11-12,14-16H2,(H,40,41)(H,42,50)(H,44,49,51). The number of amides is 4. The molecule has 3 N–H and O–H groups in total. The second-order valence-corrected chi connectivity index (χ2v) is 14.7. The van der Waals surface area contributed by atoms with Gasteiger partial charge in [-0.15, -0.1) is 0 Å². The number of fused-ring (bicyclic) bond motifs is 1. The van der Waals surface area contributed by atoms with E-state index in [1.807, 2.05) is 6.07 Å². The second-order valence-electron chi connectivity index (χ2n) is 13.9. The average molecular weight is 793 g/mol. The number of carbonyl (C=O) groups excluding carboxylic acids is 4. The SMILES string of the molecule is O=C1CCC(N2Cc3c(ccc(CN4CCC(n5cc(NC(=O)c6coc(-c7ccnc(NCC8CC8)c7)n6)c(C(F)F)n5)CC4)c3Br)C2=O)C(=O)N1. The molecule has 3 aliphatic heterocycles. The van der Waals surface area contributed by atoms with Crippen molar-refractivity contribution in [3.05, 3.63) is 75.5 Å². The van der Waals surface area contributed by atoms with Gasteiger partial charge in [0.05, 0.1) is 11.7 Å². The van der Waals surface area contributed by atoms with Crippen molar-refractivity contribution in [2.24, 2.45) is 5.92 Å². The van der Waals surface area contributed by atoms with Gasteiger partial charge in [0.2, 0.25) is 17.7 Å². The lowest BCUT2D eigenvalue weighted by Gasteiger charge is -2.32. The van der Waals surface area contributed by atoms with Crippen molar-refractivity contribution in [3.63, 3.8) is 0 Å². The molecule has 4 aromatic rings. The van der Waals surface area contributed by atoms with Crippen LogP contribution in [-0.2, 0) is 22.7 Å². The van der Waals surface area contributed by atoms with Crippen LogP contribution in [0.1, 0.15) is 88.7 Å². The van der Waals surface area contributed by atoms with Crippen molar-refractivity contribution in [3.8, 4) is 11.5 Å². The number of piperidine rings is 2. The van der Waals surface area contributed by atoms with Gasteiger partial charge in [-0.1, -0.05) is 22.0 Å². The summed E-state index contributed by atoms with van der Waals surface area (Å²) in [6, 6.07) is 6.33. The summed E-state index contributed by atoms with van der Waals surface area (Å²) in [4.78, 5) is 62.8. The van der Waals surface area contributed by atoms with Gasteiger partial charge in [-0.25, -0.2) is 18.7 Å². The minimum atomic E-state index is -2.91. The van der Waals surface area contributed by atoms with Crippen LogP contribution >= 0.6 is 15.9 Å². The maximum atomic E-state index is 14.1. The van der Waals surface area contributed by atoms with Gasteiger partial charge in [-0.3, -0.25) is 34.1 Å². The fourth-order valence-corrected chi connectivity index (χ4v) is 7.73. The van der Waals surface area contributed by atoms with Crippen molar-refractivity contribution in [1.29, 1.82) is 0 Å². The number of alkyl halides is 2. The molecule has 2 saturated heterocycles. The molecule has 3 aromatic heterocycles. The van der Waals surface area contributed by atoms with E-state index in [0.29, 0.717) is 61.8 Å². The Kier molecular flexibility index (Phi) is 9.53. The molecule has 6 heterocycles. The van der Waals surface area contributed by atoms with E-state index >= 15 is 0 Å². The molecule has 53 heavy (non-hydrogen) atoms. The third-order valence-corrected chi connectivity index (χ3v) is 11.3. The van der Waals surface area contributed by atoms with E-state index in [2.05, 4.69) is 51.8 Å². The number of carbonyl (C=O) groups is 4. The lowest BCUT2D eigenvalue weighted by Crippen LogP contribution is -2.52. The van der Waals surface area contributed by atoms with E-state index in [1.54, 1.807) is 24.4 Å². The minimum absolute atomic E-state index is 0.0589. The first-order chi connectivity index (χ1) is 25.6. The molecule has 276 valence electrons. The number of aromatic nitrogens is 4. The third-order valence-electron chi connectivity index (χ3n) is 10.3. The highest BCUT2D eigenvalue weighted by atomic mass is 79.9. The summed E-state index contributed by atoms with van der Waals surface area (Å²) < 4.78 is 36.1. The largest absolute Gasteiger partial charge is 0.444 e. The quantitative estimate of drug-likeness (QED) is 0.170. The predicted octanol–water partition coefficient (Wildman–Crippen LogP) is 5.31. The number of nitrogens with one attached hydrogen (secondary N) is 3. The van der Waals surface area contributed by atoms with Crippen molar-refractivity contribution in [2.75, 3.05) is 30.3 Å². The zero-order valence-corrected chi connectivity index (χ0v) is 30.1. The van der Waals surface area contributed by atoms with Crippen LogP contribution in [-0.4, -0.2) is 78.9 Å². The van der Waals surface area contributed by atoms with Crippen LogP contribution in [0, 0.1) is 5.92 Å². The summed E-state index contributed by atoms with van der Waals surface area (Å²) in [7, 11) is 0. The predicted molar refractivity (Wildman–Crippen MR) is 190 cm³/mol. The Balaban J connectivity index is 0.886. The number of nitrogens with zero attached hydrogens (tertiary/aromatic N) is 6. The van der Waals surface area contributed by atoms with Gasteiger partial charge in [-0.05, 0) is 67.3 Å². The molecule has 0 spiro atoms. The highest BCUT2D eigenvalue weighted by Gasteiger charge is 2.40. The topological polar surface area (TPSA) is 168 Å². The maximum absolute atomic E-state index is 14.1. The molecule has 1 atom stereocenters. The maximum Gasteiger partial charge on any atom is 0.284 e. The molecular formula is C36H36BrF2N9O5. The third kappa shape index (κ3) is 7.31. The van der Waals surface area contributed by atoms with E-state index in [-0.39, 0.29) is 48.1 Å². The van der Waals surface area contributed by atoms with Crippen LogP contribution < -0.4 is 16.0 Å². The second kappa shape index (κ2) is 14.4. The summed E-state index contributed by atoms with van der Waals surface area (Å²) in [5.74, 6) is -0.173. The first-order valence-corrected chi connectivity index (χ1v) is 18.4. The Morgan fingerprint density at radius 1 is 1.09 bits per heavy atom. The summed E-state index contributed by atoms with van der Waals surface area (Å²) in [5, 5.41) is 12.4. The Hall–Kier alpha value is -5.03. The lowest BCUT2D eigenvalue weighted by molar-refractivity contribution is -0.136. The van der Waals surface area contributed by atoms with Gasteiger partial charge in [0, 0.05) is 67.1 Å². The molecular weight excluding hydrogens is 756 g/mol. The van der Waals surface area contributed by atoms with Crippen molar-refractivity contribution < 1.29 is 32.4 Å². The Morgan fingerprint density at radius 2 is 1.91 bits per heavy atom. The van der Waals surface area contributed by atoms with E-state index in [4.69, 9.17) is 4.42 Å². The number of oxazole rings is 1. The number of likely N-dealkylation sites (tertiary alicyclic amines) is 1. The van der Waals surface area contributed by atoms with Gasteiger partial charge in [-0.2, -0.15) is 5.10 Å². The molecule has 1 unspecified atom stereocenters. The van der Waals surface area contributed by atoms with Crippen molar-refractivity contribution >= 4 is 51.1 Å². The number of rotatable bonds is 11. The molecule has 1 saturated carbocycles. The first kappa shape index (κ1) is 35.0. The van der Waals surface area contributed by atoms with Gasteiger partial charge >= 0.3 is 0 Å². The van der Waals surface area contributed by atoms with E-state index in [1.165, 1.54) is 34.9 Å². The number of benzene rings is 1. The number of hydrogen-bond donors (Lipinski definition) is 3. The summed E-state index contributed by atoms with van der Waals surface area (Å²) >= 11 is 3.70. The molecule has 0 radical (unpaired) electrons. The highest BCUT2D eigenvalue weighted by Crippen LogP contribution is 2.36. The zero-order chi connectivity index (χ0) is 36.8. The van der Waals surface area contributed by atoms with Crippen LogP contribution in [0.4, 0.5) is 20.3 Å². The van der Waals surface area contributed by atoms with E-state index in [9.17, 15) is 28.0 Å². The zero-order valence-electron chi connectivity index (χ0n) is 28.5. The van der Waals surface area contributed by atoms with E-state index < -0.39 is 30.0 Å². The first-order valence-electron chi connectivity index (χ1n) is 17.6. The lowest BCUT2D eigenvalue weighted by atomic mass is 10.0. The monoisotopic (exact) mass is 791 g/mol. The van der Waals surface area contributed by atoms with Crippen molar-refractivity contribution in [2.45, 2.75) is 70.1 Å². The molecule has 4 aliphatic rings. The molecule has 17 heteroatoms. The molecule has 3 fully saturated rings. The fourth-order valence-electron chi connectivity index (χ4n) is 7.14. The van der Waals surface area contributed by atoms with Crippen LogP contribution in [0.25, 0.3) is 11.5 Å². The molecule has 8 rings (SSSR count). The number of anilines is 2. The van der Waals surface area contributed by atoms with E-state index in [0.717, 1.165) is 22.1 Å². The number of halogens is 3. The Bertz CT molecular complexity index is 2090. The number of hydrogen-bond acceptors (Lipinski definition) is 10. The fraction of sp³-hybridized carbons (Fsp3) is 0.417. The Labute approximate surface area is 310 Å². The molecule has 4 amide bonds. The van der Waals surface area contributed by atoms with Crippen LogP contribution in [0.15, 0.2) is 51.8 Å². The number of pyridine rings is 1. The van der Waals surface area contributed by atoms with Crippen LogP contribution in [0.5, 0.6) is 0 Å². The summed E-state index contributed by atoms with van der Waals surface area (Å²) in [6.45, 7) is 3.02. The van der Waals surface area contributed by atoms with Gasteiger partial charge < -0.3 is 20.0 Å². The summed E-state index contributed by atoms with van der Waals surface area (Å²) in [6.07, 6.45) is 5.51. The van der Waals surface area contributed by atoms with Crippen LogP contribution in [0.2, 0.25) is 0 Å². The molecule has 14 nitrogen and oxygen atoms in total. The van der Waals surface area contributed by atoms with Crippen molar-refractivity contribution in [1.82, 2.24) is 34.9 Å².